The second-order valence-corrected chi connectivity index (χ2v) is 8.76. The number of guanidine groups is 1. The number of carbonyl (C=O) groups is 1. The fourth-order valence-corrected chi connectivity index (χ4v) is 4.31. The summed E-state index contributed by atoms with van der Waals surface area (Å²) in [6.07, 6.45) is 0. The van der Waals surface area contributed by atoms with Crippen LogP contribution in [0, 0.1) is 11.6 Å². The Hall–Kier alpha value is -3.47. The molecule has 156 valence electrons. The molecule has 0 unspecified atom stereocenters. The summed E-state index contributed by atoms with van der Waals surface area (Å²) < 4.78 is 59.2. The Kier molecular flexibility index (Phi) is 4.69. The third kappa shape index (κ3) is 3.47. The van der Waals surface area contributed by atoms with Crippen molar-refractivity contribution in [1.29, 1.82) is 0 Å². The minimum absolute atomic E-state index is 0.0217. The average Bonchev–Trinajstić information content (AvgIpc) is 3.12. The Labute approximate surface area is 170 Å². The van der Waals surface area contributed by atoms with Crippen molar-refractivity contribution in [1.82, 2.24) is 4.31 Å². The summed E-state index contributed by atoms with van der Waals surface area (Å²) in [5, 5.41) is 3.13. The number of carbonyl (C=O) groups excluding carboxylic acids is 1. The predicted molar refractivity (Wildman–Crippen MR) is 106 cm³/mol. The van der Waals surface area contributed by atoms with Gasteiger partial charge in [0.15, 0.2) is 17.4 Å². The van der Waals surface area contributed by atoms with E-state index in [0.29, 0.717) is 11.0 Å². The number of anilines is 1. The highest BCUT2D eigenvalue weighted by Crippen LogP contribution is 2.31. The van der Waals surface area contributed by atoms with Crippen LogP contribution in [0.5, 0.6) is 0 Å². The number of rotatable bonds is 3. The largest absolute Gasteiger partial charge is 0.451 e. The predicted octanol–water partition coefficient (Wildman–Crippen LogP) is 2.59. The quantitative estimate of drug-likeness (QED) is 0.657. The van der Waals surface area contributed by atoms with E-state index in [1.54, 1.807) is 24.3 Å². The first-order valence-corrected chi connectivity index (χ1v) is 10.4. The first-order valence-electron chi connectivity index (χ1n) is 8.74. The minimum Gasteiger partial charge on any atom is -0.451 e. The molecule has 1 atom stereocenters. The van der Waals surface area contributed by atoms with Crippen molar-refractivity contribution in [3.63, 3.8) is 0 Å². The topological polar surface area (TPSA) is 118 Å². The second-order valence-electron chi connectivity index (χ2n) is 6.71. The molecule has 4 rings (SSSR count). The van der Waals surface area contributed by atoms with Gasteiger partial charge in [-0.2, -0.15) is 0 Å². The smallest absolute Gasteiger partial charge is 0.291 e. The van der Waals surface area contributed by atoms with Crippen LogP contribution in [0.4, 0.5) is 14.5 Å². The van der Waals surface area contributed by atoms with Gasteiger partial charge in [0.1, 0.15) is 5.58 Å². The third-order valence-corrected chi connectivity index (χ3v) is 6.48. The van der Waals surface area contributed by atoms with E-state index in [9.17, 15) is 22.0 Å². The maximum atomic E-state index is 14.4. The number of furan rings is 1. The van der Waals surface area contributed by atoms with E-state index in [0.717, 1.165) is 16.4 Å². The number of sulfonamides is 1. The van der Waals surface area contributed by atoms with Crippen molar-refractivity contribution in [3.05, 3.63) is 65.4 Å². The number of nitrogens with zero attached hydrogens (tertiary/aromatic N) is 2. The van der Waals surface area contributed by atoms with Crippen LogP contribution in [0.3, 0.4) is 0 Å². The van der Waals surface area contributed by atoms with E-state index in [4.69, 9.17) is 10.2 Å². The lowest BCUT2D eigenvalue weighted by Crippen LogP contribution is -2.45. The fraction of sp³-hybridized carbons (Fsp3) is 0.158. The maximum absolute atomic E-state index is 14.4. The van der Waals surface area contributed by atoms with E-state index in [2.05, 4.69) is 10.3 Å². The van der Waals surface area contributed by atoms with Crippen molar-refractivity contribution >= 4 is 38.5 Å². The Morgan fingerprint density at radius 1 is 1.27 bits per heavy atom. The molecule has 0 saturated heterocycles. The van der Waals surface area contributed by atoms with Crippen LogP contribution in [0.1, 0.15) is 22.2 Å². The Morgan fingerprint density at radius 3 is 2.70 bits per heavy atom. The van der Waals surface area contributed by atoms with Gasteiger partial charge in [-0.1, -0.05) is 18.2 Å². The van der Waals surface area contributed by atoms with E-state index >= 15 is 0 Å². The number of nitrogens with two attached hydrogens (primary N) is 1. The van der Waals surface area contributed by atoms with E-state index in [-0.39, 0.29) is 23.0 Å². The molecule has 3 aromatic rings. The Balaban J connectivity index is 1.67. The van der Waals surface area contributed by atoms with E-state index in [1.807, 2.05) is 0 Å². The molecule has 0 spiro atoms. The summed E-state index contributed by atoms with van der Waals surface area (Å²) in [5.74, 6) is -4.17. The lowest BCUT2D eigenvalue weighted by atomic mass is 10.1. The summed E-state index contributed by atoms with van der Waals surface area (Å²) in [7, 11) is -2.63. The van der Waals surface area contributed by atoms with E-state index < -0.39 is 39.4 Å². The van der Waals surface area contributed by atoms with Gasteiger partial charge in [-0.05, 0) is 18.2 Å². The summed E-state index contributed by atoms with van der Waals surface area (Å²) >= 11 is 0. The van der Waals surface area contributed by atoms with Crippen LogP contribution < -0.4 is 11.1 Å². The van der Waals surface area contributed by atoms with Crippen molar-refractivity contribution in [3.8, 4) is 0 Å². The van der Waals surface area contributed by atoms with Gasteiger partial charge in [-0.15, -0.1) is 0 Å². The highest BCUT2D eigenvalue weighted by molar-refractivity contribution is 7.89. The van der Waals surface area contributed by atoms with Crippen molar-refractivity contribution in [2.24, 2.45) is 10.7 Å². The maximum Gasteiger partial charge on any atom is 0.291 e. The Bertz CT molecular complexity index is 1270. The van der Waals surface area contributed by atoms with Gasteiger partial charge >= 0.3 is 0 Å². The number of fused-ring (bicyclic) bond motifs is 1. The molecule has 2 heterocycles. The lowest BCUT2D eigenvalue weighted by molar-refractivity contribution is 0.0998. The van der Waals surface area contributed by atoms with Gasteiger partial charge in [-0.3, -0.25) is 4.79 Å². The molecule has 8 nitrogen and oxygen atoms in total. The number of nitrogens with one attached hydrogen (secondary N) is 1. The average molecular weight is 434 g/mol. The van der Waals surface area contributed by atoms with Crippen LogP contribution in [0.25, 0.3) is 11.0 Å². The number of benzene rings is 2. The fourth-order valence-electron chi connectivity index (χ4n) is 3.10. The number of amides is 1. The van der Waals surface area contributed by atoms with Gasteiger partial charge < -0.3 is 15.5 Å². The number of para-hydroxylation sites is 1. The van der Waals surface area contributed by atoms with Gasteiger partial charge in [0.05, 0.1) is 11.8 Å². The molecule has 1 aliphatic rings. The molecule has 0 radical (unpaired) electrons. The first kappa shape index (κ1) is 19.8. The van der Waals surface area contributed by atoms with Crippen molar-refractivity contribution < 1.29 is 26.4 Å². The second kappa shape index (κ2) is 7.10. The summed E-state index contributed by atoms with van der Waals surface area (Å²) in [6, 6.07) is 9.14. The molecular weight excluding hydrogens is 418 g/mol. The SMILES string of the molecule is CN1C(N)=N[C@H](c2cc(NC(=O)c3cc4ccccc4o3)cc(F)c2F)CS1(=O)=O. The molecule has 1 aliphatic heterocycles. The molecular formula is C19H16F2N4O4S. The van der Waals surface area contributed by atoms with Crippen LogP contribution in [0.15, 0.2) is 51.9 Å². The van der Waals surface area contributed by atoms with Crippen LogP contribution >= 0.6 is 0 Å². The van der Waals surface area contributed by atoms with Gasteiger partial charge in [0.25, 0.3) is 5.91 Å². The summed E-state index contributed by atoms with van der Waals surface area (Å²) in [5.41, 5.74) is 5.67. The Morgan fingerprint density at radius 2 is 2.00 bits per heavy atom. The summed E-state index contributed by atoms with van der Waals surface area (Å²) in [4.78, 5) is 16.4. The summed E-state index contributed by atoms with van der Waals surface area (Å²) in [6.45, 7) is 0. The highest BCUT2D eigenvalue weighted by atomic mass is 32.2. The monoisotopic (exact) mass is 434 g/mol. The normalized spacial score (nSPS) is 18.3. The van der Waals surface area contributed by atoms with Crippen LogP contribution in [0.2, 0.25) is 0 Å². The number of hydrogen-bond donors (Lipinski definition) is 2. The van der Waals surface area contributed by atoms with Crippen LogP contribution in [-0.4, -0.2) is 37.4 Å². The standard InChI is InChI=1S/C19H16F2N4O4S/c1-25-19(22)24-14(9-30(25,27)28)12-7-11(8-13(20)17(12)21)23-18(26)16-6-10-4-2-3-5-15(10)29-16/h2-8,14H,9H2,1H3,(H2,22,24)(H,23,26)/t14-/m0/s1. The molecule has 0 saturated carbocycles. The van der Waals surface area contributed by atoms with Crippen molar-refractivity contribution in [2.45, 2.75) is 6.04 Å². The van der Waals surface area contributed by atoms with Gasteiger partial charge in [0, 0.05) is 29.8 Å². The van der Waals surface area contributed by atoms with Gasteiger partial charge in [-0.25, -0.2) is 26.5 Å². The lowest BCUT2D eigenvalue weighted by Gasteiger charge is -2.27. The molecule has 1 aromatic heterocycles. The molecule has 11 heteroatoms. The third-order valence-electron chi connectivity index (χ3n) is 4.72. The molecule has 3 N–H and O–H groups in total. The van der Waals surface area contributed by atoms with Crippen molar-refractivity contribution in [2.75, 3.05) is 18.1 Å². The molecule has 0 bridgehead atoms. The molecule has 30 heavy (non-hydrogen) atoms. The zero-order valence-corrected chi connectivity index (χ0v) is 16.4. The molecule has 0 aliphatic carbocycles. The van der Waals surface area contributed by atoms with Crippen LogP contribution in [-0.2, 0) is 10.0 Å². The first-order chi connectivity index (χ1) is 14.2. The highest BCUT2D eigenvalue weighted by Gasteiger charge is 2.33. The minimum atomic E-state index is -3.85. The molecule has 2 aromatic carbocycles. The zero-order valence-electron chi connectivity index (χ0n) is 15.6. The molecule has 1 amide bonds. The number of hydrogen-bond acceptors (Lipinski definition) is 6. The number of halogens is 2. The van der Waals surface area contributed by atoms with Gasteiger partial charge in [0.2, 0.25) is 16.0 Å². The molecule has 0 fully saturated rings. The van der Waals surface area contributed by atoms with E-state index in [1.165, 1.54) is 13.1 Å². The number of aliphatic imine (C=N–C) groups is 1. The zero-order chi connectivity index (χ0) is 21.6.